The van der Waals surface area contributed by atoms with Crippen molar-refractivity contribution < 1.29 is 13.6 Å². The van der Waals surface area contributed by atoms with Crippen molar-refractivity contribution >= 4 is 35.1 Å². The maximum absolute atomic E-state index is 11.8. The normalized spacial score (nSPS) is 10.6. The van der Waals surface area contributed by atoms with Crippen LogP contribution in [0.25, 0.3) is 11.7 Å². The number of carbonyl (C=O) groups is 1. The first-order valence-corrected chi connectivity index (χ1v) is 7.48. The fraction of sp³-hybridized carbons (Fsp3) is 0.0769. The largest absolute Gasteiger partial charge is 0.459 e. The van der Waals surface area contributed by atoms with Crippen LogP contribution in [0.1, 0.15) is 0 Å². The summed E-state index contributed by atoms with van der Waals surface area (Å²) in [4.78, 5) is 15.8. The number of thioether (sulfide) groups is 1. The minimum absolute atomic E-state index is 0.115. The van der Waals surface area contributed by atoms with E-state index in [9.17, 15) is 4.79 Å². The summed E-state index contributed by atoms with van der Waals surface area (Å²) in [7, 11) is 0. The van der Waals surface area contributed by atoms with Crippen molar-refractivity contribution in [3.63, 3.8) is 0 Å². The SMILES string of the molecule is O=C(CSc1nnc(-c2ccco2)o1)Nc1ccc(Cl)cn1. The Morgan fingerprint density at radius 2 is 2.23 bits per heavy atom. The molecule has 3 rings (SSSR count). The molecule has 0 unspecified atom stereocenters. The molecule has 9 heteroatoms. The Labute approximate surface area is 134 Å². The number of carbonyl (C=O) groups excluding carboxylic acids is 1. The molecule has 0 aromatic carbocycles. The van der Waals surface area contributed by atoms with Gasteiger partial charge in [-0.2, -0.15) is 0 Å². The third-order valence-corrected chi connectivity index (χ3v) is 3.50. The molecule has 3 aromatic heterocycles. The molecule has 0 fully saturated rings. The molecule has 7 nitrogen and oxygen atoms in total. The highest BCUT2D eigenvalue weighted by Gasteiger charge is 2.13. The van der Waals surface area contributed by atoms with Gasteiger partial charge >= 0.3 is 0 Å². The molecular formula is C13H9ClN4O3S. The highest BCUT2D eigenvalue weighted by molar-refractivity contribution is 7.99. The molecule has 112 valence electrons. The minimum Gasteiger partial charge on any atom is -0.459 e. The van der Waals surface area contributed by atoms with Gasteiger partial charge in [0.25, 0.3) is 11.1 Å². The molecule has 0 aliphatic carbocycles. The predicted molar refractivity (Wildman–Crippen MR) is 80.6 cm³/mol. The lowest BCUT2D eigenvalue weighted by atomic mass is 10.4. The molecule has 0 radical (unpaired) electrons. The van der Waals surface area contributed by atoms with Crippen molar-refractivity contribution in [1.82, 2.24) is 15.2 Å². The first-order chi connectivity index (χ1) is 10.7. The van der Waals surface area contributed by atoms with E-state index in [1.54, 1.807) is 24.3 Å². The maximum atomic E-state index is 11.8. The molecular weight excluding hydrogens is 328 g/mol. The smallest absolute Gasteiger partial charge is 0.284 e. The second kappa shape index (κ2) is 6.63. The van der Waals surface area contributed by atoms with E-state index in [0.29, 0.717) is 16.6 Å². The fourth-order valence-electron chi connectivity index (χ4n) is 1.52. The lowest BCUT2D eigenvalue weighted by Gasteiger charge is -2.02. The highest BCUT2D eigenvalue weighted by atomic mass is 35.5. The van der Waals surface area contributed by atoms with Gasteiger partial charge in [0.1, 0.15) is 5.82 Å². The number of hydrogen-bond donors (Lipinski definition) is 1. The number of rotatable bonds is 5. The molecule has 0 aliphatic rings. The molecule has 0 saturated heterocycles. The lowest BCUT2D eigenvalue weighted by molar-refractivity contribution is -0.113. The zero-order valence-corrected chi connectivity index (χ0v) is 12.6. The van der Waals surface area contributed by atoms with Crippen molar-refractivity contribution in [2.24, 2.45) is 0 Å². The predicted octanol–water partition coefficient (Wildman–Crippen LogP) is 3.11. The molecule has 0 bridgehead atoms. The van der Waals surface area contributed by atoms with Crippen LogP contribution in [0, 0.1) is 0 Å². The van der Waals surface area contributed by atoms with Crippen LogP contribution in [-0.4, -0.2) is 26.8 Å². The first kappa shape index (κ1) is 14.6. The van der Waals surface area contributed by atoms with Gasteiger partial charge in [-0.15, -0.1) is 10.2 Å². The van der Waals surface area contributed by atoms with E-state index in [2.05, 4.69) is 20.5 Å². The molecule has 0 atom stereocenters. The molecule has 1 amide bonds. The first-order valence-electron chi connectivity index (χ1n) is 6.12. The van der Waals surface area contributed by atoms with Gasteiger partial charge in [0.15, 0.2) is 5.76 Å². The molecule has 22 heavy (non-hydrogen) atoms. The molecule has 0 spiro atoms. The van der Waals surface area contributed by atoms with E-state index in [0.717, 1.165) is 11.8 Å². The van der Waals surface area contributed by atoms with E-state index in [4.69, 9.17) is 20.4 Å². The number of furan rings is 1. The van der Waals surface area contributed by atoms with Crippen LogP contribution in [0.4, 0.5) is 5.82 Å². The van der Waals surface area contributed by atoms with Crippen LogP contribution in [0.5, 0.6) is 0 Å². The quantitative estimate of drug-likeness (QED) is 0.715. The van der Waals surface area contributed by atoms with E-state index in [1.807, 2.05) is 0 Å². The Morgan fingerprint density at radius 3 is 2.95 bits per heavy atom. The molecule has 1 N–H and O–H groups in total. The van der Waals surface area contributed by atoms with E-state index >= 15 is 0 Å². The van der Waals surface area contributed by atoms with Crippen LogP contribution in [-0.2, 0) is 4.79 Å². The summed E-state index contributed by atoms with van der Waals surface area (Å²) in [6.07, 6.45) is 2.97. The van der Waals surface area contributed by atoms with Crippen LogP contribution < -0.4 is 5.32 Å². The maximum Gasteiger partial charge on any atom is 0.284 e. The van der Waals surface area contributed by atoms with Crippen LogP contribution >= 0.6 is 23.4 Å². The number of hydrogen-bond acceptors (Lipinski definition) is 7. The Bertz CT molecular complexity index is 758. The topological polar surface area (TPSA) is 94.0 Å². The van der Waals surface area contributed by atoms with Crippen LogP contribution in [0.2, 0.25) is 5.02 Å². The van der Waals surface area contributed by atoms with Crippen LogP contribution in [0.15, 0.2) is 50.8 Å². The number of halogens is 1. The lowest BCUT2D eigenvalue weighted by Crippen LogP contribution is -2.14. The van der Waals surface area contributed by atoms with Gasteiger partial charge in [0.05, 0.1) is 17.0 Å². The van der Waals surface area contributed by atoms with Crippen molar-refractivity contribution in [1.29, 1.82) is 0 Å². The van der Waals surface area contributed by atoms with Gasteiger partial charge in [0, 0.05) is 6.20 Å². The third-order valence-electron chi connectivity index (χ3n) is 2.46. The summed E-state index contributed by atoms with van der Waals surface area (Å²) >= 11 is 6.84. The number of anilines is 1. The number of amides is 1. The summed E-state index contributed by atoms with van der Waals surface area (Å²) in [6, 6.07) is 6.69. The molecule has 0 aliphatic heterocycles. The minimum atomic E-state index is -0.238. The second-order valence-electron chi connectivity index (χ2n) is 4.05. The third kappa shape index (κ3) is 3.66. The summed E-state index contributed by atoms with van der Waals surface area (Å²) in [5, 5.41) is 11.1. The Kier molecular flexibility index (Phi) is 4.40. The highest BCUT2D eigenvalue weighted by Crippen LogP contribution is 2.23. The molecule has 3 heterocycles. The second-order valence-corrected chi connectivity index (χ2v) is 5.41. The molecule has 0 saturated carbocycles. The Balaban J connectivity index is 1.54. The number of nitrogens with zero attached hydrogens (tertiary/aromatic N) is 3. The standard InChI is InChI=1S/C13H9ClN4O3S/c14-8-3-4-10(15-6-8)16-11(19)7-22-13-18-17-12(21-13)9-2-1-5-20-9/h1-6H,7H2,(H,15,16,19). The monoisotopic (exact) mass is 336 g/mol. The van der Waals surface area contributed by atoms with E-state index in [-0.39, 0.29) is 22.8 Å². The van der Waals surface area contributed by atoms with Crippen LogP contribution in [0.3, 0.4) is 0 Å². The van der Waals surface area contributed by atoms with Crippen molar-refractivity contribution in [3.8, 4) is 11.7 Å². The average molecular weight is 337 g/mol. The van der Waals surface area contributed by atoms with Crippen molar-refractivity contribution in [2.45, 2.75) is 5.22 Å². The van der Waals surface area contributed by atoms with Gasteiger partial charge in [-0.3, -0.25) is 4.79 Å². The summed E-state index contributed by atoms with van der Waals surface area (Å²) in [5.74, 6) is 1.06. The Morgan fingerprint density at radius 1 is 1.32 bits per heavy atom. The zero-order valence-electron chi connectivity index (χ0n) is 11.0. The molecule has 3 aromatic rings. The van der Waals surface area contributed by atoms with Gasteiger partial charge < -0.3 is 14.2 Å². The van der Waals surface area contributed by atoms with Gasteiger partial charge in [-0.25, -0.2) is 4.98 Å². The average Bonchev–Trinajstić information content (AvgIpc) is 3.18. The van der Waals surface area contributed by atoms with Crippen molar-refractivity contribution in [2.75, 3.05) is 11.1 Å². The van der Waals surface area contributed by atoms with E-state index < -0.39 is 0 Å². The summed E-state index contributed by atoms with van der Waals surface area (Å²) in [6.45, 7) is 0. The summed E-state index contributed by atoms with van der Waals surface area (Å²) in [5.41, 5.74) is 0. The van der Waals surface area contributed by atoms with Gasteiger partial charge in [-0.05, 0) is 24.3 Å². The zero-order chi connectivity index (χ0) is 15.4. The summed E-state index contributed by atoms with van der Waals surface area (Å²) < 4.78 is 10.5. The fourth-order valence-corrected chi connectivity index (χ4v) is 2.20. The van der Waals surface area contributed by atoms with Crippen molar-refractivity contribution in [3.05, 3.63) is 41.7 Å². The number of pyridine rings is 1. The number of nitrogens with one attached hydrogen (secondary N) is 1. The van der Waals surface area contributed by atoms with E-state index in [1.165, 1.54) is 12.5 Å². The number of aromatic nitrogens is 3. The van der Waals surface area contributed by atoms with Gasteiger partial charge in [-0.1, -0.05) is 23.4 Å². The Hall–Kier alpha value is -2.32. The van der Waals surface area contributed by atoms with Gasteiger partial charge in [0.2, 0.25) is 5.91 Å².